The highest BCUT2D eigenvalue weighted by Crippen LogP contribution is 2.56. The molecule has 0 fully saturated rings. The Morgan fingerprint density at radius 3 is 1.67 bits per heavy atom. The number of fused-ring (bicyclic) bond motifs is 6. The standard InChI is InChI=1S/C53H57N/c1-49(2)26-28-51(5,6)45-30-35(22-24-42(45)49)39-32-40-38-19-13-14-20-41(38)53(9,10)44(40)33-48(39)54(47-21-15-17-34-16-11-12-18-37(34)47)36-23-25-43-46(31-36)52(7,8)29-27-50(43,3)4/h11-25,30-33H,26-29H2,1-10H3. The van der Waals surface area contributed by atoms with E-state index in [1.165, 1.54) is 109 Å². The number of anilines is 3. The lowest BCUT2D eigenvalue weighted by molar-refractivity contribution is 0.332. The van der Waals surface area contributed by atoms with Crippen LogP contribution >= 0.6 is 0 Å². The van der Waals surface area contributed by atoms with E-state index in [2.05, 4.69) is 189 Å². The van der Waals surface area contributed by atoms with Gasteiger partial charge in [-0.1, -0.05) is 154 Å². The molecule has 0 radical (unpaired) electrons. The average Bonchev–Trinajstić information content (AvgIpc) is 3.37. The molecule has 0 amide bonds. The maximum absolute atomic E-state index is 2.61. The van der Waals surface area contributed by atoms with Crippen LogP contribution in [0.1, 0.15) is 128 Å². The summed E-state index contributed by atoms with van der Waals surface area (Å²) in [6, 6.07) is 44.8. The summed E-state index contributed by atoms with van der Waals surface area (Å²) in [5, 5.41) is 2.52. The zero-order chi connectivity index (χ0) is 38.0. The Morgan fingerprint density at radius 1 is 0.389 bits per heavy atom. The van der Waals surface area contributed by atoms with Crippen molar-refractivity contribution in [1.82, 2.24) is 0 Å². The van der Waals surface area contributed by atoms with Crippen molar-refractivity contribution in [3.05, 3.63) is 149 Å². The molecular formula is C53H57N. The number of hydrogen-bond acceptors (Lipinski definition) is 1. The molecule has 0 spiro atoms. The largest absolute Gasteiger partial charge is 0.309 e. The Hall–Kier alpha value is -4.62. The molecule has 6 aromatic rings. The molecule has 9 rings (SSSR count). The lowest BCUT2D eigenvalue weighted by Crippen LogP contribution is -2.34. The molecule has 0 heterocycles. The van der Waals surface area contributed by atoms with Crippen molar-refractivity contribution >= 4 is 27.8 Å². The molecule has 0 aromatic heterocycles. The first-order chi connectivity index (χ1) is 25.5. The normalized spacial score (nSPS) is 19.4. The van der Waals surface area contributed by atoms with Gasteiger partial charge in [-0.15, -0.1) is 0 Å². The minimum absolute atomic E-state index is 0.0898. The van der Waals surface area contributed by atoms with E-state index < -0.39 is 0 Å². The van der Waals surface area contributed by atoms with Gasteiger partial charge in [-0.3, -0.25) is 0 Å². The van der Waals surface area contributed by atoms with Crippen molar-refractivity contribution in [2.24, 2.45) is 0 Å². The van der Waals surface area contributed by atoms with Gasteiger partial charge < -0.3 is 4.90 Å². The van der Waals surface area contributed by atoms with Crippen molar-refractivity contribution in [3.8, 4) is 22.3 Å². The minimum atomic E-state index is -0.132. The lowest BCUT2D eigenvalue weighted by atomic mass is 9.63. The van der Waals surface area contributed by atoms with Gasteiger partial charge in [0, 0.05) is 22.1 Å². The molecule has 0 unspecified atom stereocenters. The van der Waals surface area contributed by atoms with E-state index in [0.717, 1.165) is 0 Å². The number of hydrogen-bond donors (Lipinski definition) is 0. The molecule has 1 heteroatoms. The van der Waals surface area contributed by atoms with E-state index in [4.69, 9.17) is 0 Å². The second-order valence-corrected chi connectivity index (χ2v) is 19.9. The molecule has 0 N–H and O–H groups in total. The van der Waals surface area contributed by atoms with Crippen molar-refractivity contribution in [3.63, 3.8) is 0 Å². The van der Waals surface area contributed by atoms with Crippen LogP contribution in [-0.2, 0) is 27.1 Å². The number of nitrogens with zero attached hydrogens (tertiary/aromatic N) is 1. The van der Waals surface area contributed by atoms with E-state index in [-0.39, 0.29) is 27.1 Å². The third-order valence-corrected chi connectivity index (χ3v) is 14.2. The van der Waals surface area contributed by atoms with Crippen molar-refractivity contribution < 1.29 is 0 Å². The van der Waals surface area contributed by atoms with Gasteiger partial charge in [-0.2, -0.15) is 0 Å². The first kappa shape index (κ1) is 35.1. The molecular weight excluding hydrogens is 651 g/mol. The molecule has 3 aliphatic rings. The fraction of sp³-hybridized carbons (Fsp3) is 0.358. The molecule has 0 saturated heterocycles. The zero-order valence-electron chi connectivity index (χ0n) is 34.2. The van der Waals surface area contributed by atoms with Crippen LogP contribution in [0.15, 0.2) is 115 Å². The first-order valence-electron chi connectivity index (χ1n) is 20.4. The minimum Gasteiger partial charge on any atom is -0.309 e. The van der Waals surface area contributed by atoms with Crippen LogP contribution in [0.4, 0.5) is 17.1 Å². The van der Waals surface area contributed by atoms with E-state index in [1.54, 1.807) is 0 Å². The van der Waals surface area contributed by atoms with E-state index >= 15 is 0 Å². The molecule has 0 atom stereocenters. The first-order valence-corrected chi connectivity index (χ1v) is 20.4. The third-order valence-electron chi connectivity index (χ3n) is 14.2. The number of benzene rings is 6. The maximum Gasteiger partial charge on any atom is 0.0543 e. The highest BCUT2D eigenvalue weighted by Gasteiger charge is 2.41. The molecule has 0 saturated carbocycles. The molecule has 6 aromatic carbocycles. The predicted molar refractivity (Wildman–Crippen MR) is 232 cm³/mol. The summed E-state index contributed by atoms with van der Waals surface area (Å²) in [5.41, 5.74) is 18.1. The SMILES string of the molecule is CC1(C)CCC(C)(C)c2cc(-c3cc4c(cc3N(c3ccc5c(c3)C(C)(C)CCC5(C)C)c3cccc5ccccc35)C(C)(C)c3ccccc3-4)ccc21. The van der Waals surface area contributed by atoms with Gasteiger partial charge in [-0.05, 0) is 133 Å². The van der Waals surface area contributed by atoms with Gasteiger partial charge in [0.05, 0.1) is 11.4 Å². The van der Waals surface area contributed by atoms with Crippen molar-refractivity contribution in [1.29, 1.82) is 0 Å². The van der Waals surface area contributed by atoms with Crippen LogP contribution in [-0.4, -0.2) is 0 Å². The van der Waals surface area contributed by atoms with Crippen LogP contribution in [0, 0.1) is 0 Å². The topological polar surface area (TPSA) is 3.24 Å². The Morgan fingerprint density at radius 2 is 0.963 bits per heavy atom. The van der Waals surface area contributed by atoms with Gasteiger partial charge in [0.25, 0.3) is 0 Å². The Labute approximate surface area is 324 Å². The fourth-order valence-electron chi connectivity index (χ4n) is 10.4. The monoisotopic (exact) mass is 707 g/mol. The van der Waals surface area contributed by atoms with Gasteiger partial charge >= 0.3 is 0 Å². The van der Waals surface area contributed by atoms with Crippen LogP contribution in [0.3, 0.4) is 0 Å². The summed E-state index contributed by atoms with van der Waals surface area (Å²) in [4.78, 5) is 2.61. The summed E-state index contributed by atoms with van der Waals surface area (Å²) in [6.07, 6.45) is 4.79. The zero-order valence-corrected chi connectivity index (χ0v) is 34.2. The summed E-state index contributed by atoms with van der Waals surface area (Å²) >= 11 is 0. The van der Waals surface area contributed by atoms with E-state index in [9.17, 15) is 0 Å². The molecule has 0 bridgehead atoms. The molecule has 274 valence electrons. The molecule has 3 aliphatic carbocycles. The Balaban J connectivity index is 1.39. The second-order valence-electron chi connectivity index (χ2n) is 19.9. The molecule has 0 aliphatic heterocycles. The second kappa shape index (κ2) is 11.7. The van der Waals surface area contributed by atoms with Gasteiger partial charge in [0.1, 0.15) is 0 Å². The van der Waals surface area contributed by atoms with E-state index in [0.29, 0.717) is 0 Å². The predicted octanol–water partition coefficient (Wildman–Crippen LogP) is 15.0. The quantitative estimate of drug-likeness (QED) is 0.176. The van der Waals surface area contributed by atoms with Crippen molar-refractivity contribution in [2.45, 2.75) is 122 Å². The summed E-state index contributed by atoms with van der Waals surface area (Å²) in [6.45, 7) is 24.4. The summed E-state index contributed by atoms with van der Waals surface area (Å²) < 4.78 is 0. The summed E-state index contributed by atoms with van der Waals surface area (Å²) in [5.74, 6) is 0. The maximum atomic E-state index is 2.61. The van der Waals surface area contributed by atoms with Gasteiger partial charge in [-0.25, -0.2) is 0 Å². The fourth-order valence-corrected chi connectivity index (χ4v) is 10.4. The average molecular weight is 708 g/mol. The van der Waals surface area contributed by atoms with Crippen LogP contribution < -0.4 is 4.90 Å². The Kier molecular flexibility index (Phi) is 7.60. The lowest BCUT2D eigenvalue weighted by Gasteiger charge is -2.43. The smallest absolute Gasteiger partial charge is 0.0543 e. The van der Waals surface area contributed by atoms with Crippen LogP contribution in [0.2, 0.25) is 0 Å². The highest BCUT2D eigenvalue weighted by molar-refractivity contribution is 6.02. The van der Waals surface area contributed by atoms with Gasteiger partial charge in [0.15, 0.2) is 0 Å². The Bertz CT molecular complexity index is 2480. The third kappa shape index (κ3) is 5.25. The van der Waals surface area contributed by atoms with Crippen molar-refractivity contribution in [2.75, 3.05) is 4.90 Å². The van der Waals surface area contributed by atoms with Crippen LogP contribution in [0.5, 0.6) is 0 Å². The highest BCUT2D eigenvalue weighted by atomic mass is 15.1. The summed E-state index contributed by atoms with van der Waals surface area (Å²) in [7, 11) is 0. The van der Waals surface area contributed by atoms with Crippen LogP contribution in [0.25, 0.3) is 33.0 Å². The molecule has 1 nitrogen and oxygen atoms in total. The molecule has 54 heavy (non-hydrogen) atoms. The van der Waals surface area contributed by atoms with E-state index in [1.807, 2.05) is 0 Å². The number of rotatable bonds is 4. The van der Waals surface area contributed by atoms with Gasteiger partial charge in [0.2, 0.25) is 0 Å².